The van der Waals surface area contributed by atoms with Gasteiger partial charge in [-0.3, -0.25) is 5.43 Å². The van der Waals surface area contributed by atoms with Gasteiger partial charge in [0.15, 0.2) is 6.17 Å². The summed E-state index contributed by atoms with van der Waals surface area (Å²) in [6.07, 6.45) is -3.53. The number of rotatable bonds is 3. The van der Waals surface area contributed by atoms with E-state index < -0.39 is 42.5 Å². The Morgan fingerprint density at radius 1 is 1.71 bits per heavy atom. The van der Waals surface area contributed by atoms with Crippen LogP contribution in [-0.4, -0.2) is 46.2 Å². The fourth-order valence-electron chi connectivity index (χ4n) is 2.09. The highest BCUT2D eigenvalue weighted by Gasteiger charge is 2.55. The lowest BCUT2D eigenvalue weighted by Crippen LogP contribution is -2.52. The van der Waals surface area contributed by atoms with E-state index in [0.29, 0.717) is 0 Å². The van der Waals surface area contributed by atoms with Crippen LogP contribution < -0.4 is 5.43 Å². The minimum absolute atomic E-state index is 0.352. The summed E-state index contributed by atoms with van der Waals surface area (Å²) >= 11 is 0. The van der Waals surface area contributed by atoms with Crippen LogP contribution in [-0.2, 0) is 4.79 Å². The first-order valence-corrected chi connectivity index (χ1v) is 5.24. The van der Waals surface area contributed by atoms with Crippen molar-refractivity contribution in [2.45, 2.75) is 44.1 Å². The minimum atomic E-state index is -3.07. The summed E-state index contributed by atoms with van der Waals surface area (Å²) in [6.45, 7) is 1.30. The number of aliphatic carboxylic acids is 1. The average molecular weight is 251 g/mol. The Kier molecular flexibility index (Phi) is 2.76. The van der Waals surface area contributed by atoms with Crippen LogP contribution in [0.15, 0.2) is 4.99 Å². The molecular formula is C9H12F3N3O2. The number of amidine groups is 1. The second kappa shape index (κ2) is 3.86. The summed E-state index contributed by atoms with van der Waals surface area (Å²) in [5, 5.41) is 9.59. The summed E-state index contributed by atoms with van der Waals surface area (Å²) in [5.74, 6) is -4.95. The molecule has 0 saturated carbocycles. The van der Waals surface area contributed by atoms with Crippen molar-refractivity contribution in [1.82, 2.24) is 10.4 Å². The second-order valence-corrected chi connectivity index (χ2v) is 4.10. The number of hydrogen-bond donors (Lipinski definition) is 2. The molecule has 17 heavy (non-hydrogen) atoms. The quantitative estimate of drug-likeness (QED) is 0.777. The maximum atomic E-state index is 13.6. The molecule has 5 nitrogen and oxygen atoms in total. The van der Waals surface area contributed by atoms with Crippen molar-refractivity contribution in [3.05, 3.63) is 0 Å². The molecule has 0 aromatic carbocycles. The highest BCUT2D eigenvalue weighted by Crippen LogP contribution is 2.39. The van der Waals surface area contributed by atoms with Gasteiger partial charge in [-0.05, 0) is 0 Å². The third-order valence-electron chi connectivity index (χ3n) is 3.05. The van der Waals surface area contributed by atoms with Gasteiger partial charge >= 0.3 is 5.97 Å². The molecule has 8 heteroatoms. The fourth-order valence-corrected chi connectivity index (χ4v) is 2.09. The number of nitrogens with zero attached hydrogens (tertiary/aromatic N) is 2. The van der Waals surface area contributed by atoms with Crippen LogP contribution in [0, 0.1) is 0 Å². The molecule has 0 radical (unpaired) electrons. The lowest BCUT2D eigenvalue weighted by atomic mass is 10.1. The molecule has 2 rings (SSSR count). The van der Waals surface area contributed by atoms with Gasteiger partial charge in [-0.1, -0.05) is 6.92 Å². The van der Waals surface area contributed by atoms with Crippen LogP contribution in [0.2, 0.25) is 0 Å². The first kappa shape index (κ1) is 12.2. The van der Waals surface area contributed by atoms with Crippen molar-refractivity contribution in [3.8, 4) is 0 Å². The van der Waals surface area contributed by atoms with Gasteiger partial charge in [0.05, 0.1) is 6.04 Å². The third-order valence-corrected chi connectivity index (χ3v) is 3.05. The van der Waals surface area contributed by atoms with Crippen molar-refractivity contribution in [3.63, 3.8) is 0 Å². The molecular weight excluding hydrogens is 239 g/mol. The van der Waals surface area contributed by atoms with E-state index in [1.54, 1.807) is 0 Å². The predicted octanol–water partition coefficient (Wildman–Crippen LogP) is 0.772. The van der Waals surface area contributed by atoms with Crippen LogP contribution in [0.4, 0.5) is 13.2 Å². The summed E-state index contributed by atoms with van der Waals surface area (Å²) in [4.78, 5) is 14.2. The van der Waals surface area contributed by atoms with E-state index in [0.717, 1.165) is 5.01 Å². The molecule has 2 aliphatic rings. The number of halogens is 3. The number of alkyl halides is 3. The smallest absolute Gasteiger partial charge is 0.372 e. The molecule has 3 atom stereocenters. The normalized spacial score (nSPS) is 33.2. The van der Waals surface area contributed by atoms with E-state index in [-0.39, 0.29) is 6.42 Å². The summed E-state index contributed by atoms with van der Waals surface area (Å²) < 4.78 is 40.6. The fraction of sp³-hybridized carbons (Fsp3) is 0.778. The van der Waals surface area contributed by atoms with Crippen molar-refractivity contribution in [1.29, 1.82) is 0 Å². The van der Waals surface area contributed by atoms with E-state index in [9.17, 15) is 18.0 Å². The molecule has 0 spiro atoms. The Morgan fingerprint density at radius 2 is 2.35 bits per heavy atom. The zero-order chi connectivity index (χ0) is 12.8. The Morgan fingerprint density at radius 3 is 2.88 bits per heavy atom. The summed E-state index contributed by atoms with van der Waals surface area (Å²) in [7, 11) is 0. The summed E-state index contributed by atoms with van der Waals surface area (Å²) in [5.41, 5.74) is 2.24. The van der Waals surface area contributed by atoms with Crippen molar-refractivity contribution in [2.24, 2.45) is 4.99 Å². The van der Waals surface area contributed by atoms with Crippen molar-refractivity contribution in [2.75, 3.05) is 0 Å². The van der Waals surface area contributed by atoms with Gasteiger partial charge in [0, 0.05) is 12.8 Å². The largest absolute Gasteiger partial charge is 0.475 e. The summed E-state index contributed by atoms with van der Waals surface area (Å²) in [6, 6.07) is -1.37. The highest BCUT2D eigenvalue weighted by molar-refractivity contribution is 6.34. The number of aliphatic imine (C=N–C) groups is 1. The Labute approximate surface area is 95.3 Å². The molecule has 1 saturated heterocycles. The second-order valence-electron chi connectivity index (χ2n) is 4.10. The monoisotopic (exact) mass is 251 g/mol. The third kappa shape index (κ3) is 1.86. The van der Waals surface area contributed by atoms with Crippen LogP contribution in [0.5, 0.6) is 0 Å². The van der Waals surface area contributed by atoms with Crippen LogP contribution in [0.25, 0.3) is 0 Å². The lowest BCUT2D eigenvalue weighted by molar-refractivity contribution is -0.130. The van der Waals surface area contributed by atoms with Gasteiger partial charge in [0.25, 0.3) is 5.92 Å². The molecule has 0 bridgehead atoms. The SMILES string of the molecule is CCC(F)(F)C1CC(F)C2N=C(C(=O)O)NN21. The molecule has 0 aliphatic carbocycles. The van der Waals surface area contributed by atoms with Gasteiger partial charge in [-0.15, -0.1) is 0 Å². The maximum Gasteiger partial charge on any atom is 0.372 e. The molecule has 0 aromatic rings. The van der Waals surface area contributed by atoms with Crippen LogP contribution in [0.3, 0.4) is 0 Å². The Bertz CT molecular complexity index is 374. The van der Waals surface area contributed by atoms with E-state index >= 15 is 0 Å². The minimum Gasteiger partial charge on any atom is -0.475 e. The zero-order valence-electron chi connectivity index (χ0n) is 9.03. The number of carboxylic acids is 1. The van der Waals surface area contributed by atoms with E-state index in [2.05, 4.69) is 10.4 Å². The van der Waals surface area contributed by atoms with Gasteiger partial charge in [-0.2, -0.15) is 5.01 Å². The standard InChI is InChI=1S/C9H12F3N3O2/c1-2-9(11,12)5-3-4(10)7-13-6(8(16)17)14-15(5)7/h4-5,7H,2-3H2,1H3,(H,13,14)(H,16,17). The molecule has 0 aromatic heterocycles. The highest BCUT2D eigenvalue weighted by atomic mass is 19.3. The first-order chi connectivity index (χ1) is 7.86. The topological polar surface area (TPSA) is 64.9 Å². The van der Waals surface area contributed by atoms with Gasteiger partial charge in [-0.25, -0.2) is 23.0 Å². The number of carbonyl (C=O) groups is 1. The van der Waals surface area contributed by atoms with E-state index in [1.807, 2.05) is 0 Å². The maximum absolute atomic E-state index is 13.6. The molecule has 2 aliphatic heterocycles. The number of carboxylic acid groups (broad SMARTS) is 1. The van der Waals surface area contributed by atoms with Crippen LogP contribution >= 0.6 is 0 Å². The van der Waals surface area contributed by atoms with Gasteiger partial charge in [0.1, 0.15) is 6.17 Å². The van der Waals surface area contributed by atoms with Gasteiger partial charge in [0.2, 0.25) is 5.84 Å². The number of nitrogens with one attached hydrogen (secondary N) is 1. The van der Waals surface area contributed by atoms with Crippen LogP contribution in [0.1, 0.15) is 19.8 Å². The molecule has 2 heterocycles. The first-order valence-electron chi connectivity index (χ1n) is 5.24. The molecule has 96 valence electrons. The van der Waals surface area contributed by atoms with Gasteiger partial charge < -0.3 is 5.11 Å². The van der Waals surface area contributed by atoms with E-state index in [1.165, 1.54) is 6.92 Å². The Hall–Kier alpha value is -1.31. The number of hydrogen-bond acceptors (Lipinski definition) is 4. The van der Waals surface area contributed by atoms with E-state index in [4.69, 9.17) is 5.11 Å². The Balaban J connectivity index is 2.21. The zero-order valence-corrected chi connectivity index (χ0v) is 9.03. The van der Waals surface area contributed by atoms with Crippen molar-refractivity contribution < 1.29 is 23.1 Å². The number of fused-ring (bicyclic) bond motifs is 1. The average Bonchev–Trinajstić information content (AvgIpc) is 2.79. The molecule has 0 amide bonds. The number of hydrazine groups is 1. The predicted molar refractivity (Wildman–Crippen MR) is 52.4 cm³/mol. The molecule has 1 fully saturated rings. The molecule has 3 unspecified atom stereocenters. The van der Waals surface area contributed by atoms with Crippen molar-refractivity contribution >= 4 is 11.8 Å². The lowest BCUT2D eigenvalue weighted by Gasteiger charge is -2.29. The molecule has 2 N–H and O–H groups in total.